The lowest BCUT2D eigenvalue weighted by atomic mass is 10.2. The maximum Gasteiger partial charge on any atom is 0.269 e. The van der Waals surface area contributed by atoms with Gasteiger partial charge in [-0.05, 0) is 36.8 Å². The number of hydrogen-bond donors (Lipinski definition) is 1. The first-order chi connectivity index (χ1) is 15.9. The number of para-hydroxylation sites is 1. The average molecular weight is 461 g/mol. The fourth-order valence-corrected chi connectivity index (χ4v) is 4.17. The monoisotopic (exact) mass is 460 g/mol. The summed E-state index contributed by atoms with van der Waals surface area (Å²) < 4.78 is 1.58. The van der Waals surface area contributed by atoms with Gasteiger partial charge in [-0.25, -0.2) is 4.98 Å². The van der Waals surface area contributed by atoms with Crippen LogP contribution in [0.15, 0.2) is 88.8 Å². The molecule has 1 atom stereocenters. The average Bonchev–Trinajstić information content (AvgIpc) is 2.82. The molecule has 1 aromatic heterocycles. The second kappa shape index (κ2) is 9.66. The van der Waals surface area contributed by atoms with Gasteiger partial charge in [-0.1, -0.05) is 54.2 Å². The molecule has 33 heavy (non-hydrogen) atoms. The molecule has 0 bridgehead atoms. The molecule has 1 unspecified atom stereocenters. The molecule has 1 heterocycles. The van der Waals surface area contributed by atoms with Crippen molar-refractivity contribution >= 4 is 39.9 Å². The van der Waals surface area contributed by atoms with Crippen LogP contribution in [0.4, 0.5) is 11.4 Å². The Kier molecular flexibility index (Phi) is 6.50. The fraction of sp³-hybridized carbons (Fsp3) is 0.125. The van der Waals surface area contributed by atoms with E-state index in [1.165, 1.54) is 36.0 Å². The van der Waals surface area contributed by atoms with Crippen LogP contribution >= 0.6 is 11.8 Å². The van der Waals surface area contributed by atoms with Crippen molar-refractivity contribution in [1.82, 2.24) is 9.55 Å². The first kappa shape index (κ1) is 22.2. The number of hydrogen-bond acceptors (Lipinski definition) is 6. The summed E-state index contributed by atoms with van der Waals surface area (Å²) in [4.78, 5) is 41.0. The van der Waals surface area contributed by atoms with Gasteiger partial charge in [-0.15, -0.1) is 0 Å². The number of aromatic nitrogens is 2. The molecule has 4 rings (SSSR count). The van der Waals surface area contributed by atoms with Crippen LogP contribution in [0.5, 0.6) is 0 Å². The Morgan fingerprint density at radius 2 is 1.73 bits per heavy atom. The van der Waals surface area contributed by atoms with Gasteiger partial charge in [-0.3, -0.25) is 24.3 Å². The van der Waals surface area contributed by atoms with Crippen molar-refractivity contribution in [3.8, 4) is 0 Å². The summed E-state index contributed by atoms with van der Waals surface area (Å²) in [5, 5.41) is 13.9. The number of benzene rings is 3. The van der Waals surface area contributed by atoms with Gasteiger partial charge in [-0.2, -0.15) is 0 Å². The van der Waals surface area contributed by atoms with Crippen LogP contribution in [-0.2, 0) is 11.3 Å². The van der Waals surface area contributed by atoms with E-state index in [1.54, 1.807) is 29.7 Å². The van der Waals surface area contributed by atoms with Crippen LogP contribution in [0.25, 0.3) is 10.9 Å². The molecule has 0 aliphatic carbocycles. The molecule has 9 heteroatoms. The summed E-state index contributed by atoms with van der Waals surface area (Å²) >= 11 is 1.19. The van der Waals surface area contributed by atoms with E-state index in [9.17, 15) is 19.7 Å². The largest absolute Gasteiger partial charge is 0.325 e. The van der Waals surface area contributed by atoms with Gasteiger partial charge in [0, 0.05) is 17.8 Å². The summed E-state index contributed by atoms with van der Waals surface area (Å²) in [6.07, 6.45) is 0. The SMILES string of the molecule is CC(Sc1nc2ccccc2c(=O)n1Cc1ccccc1)C(=O)Nc1ccc([N+](=O)[O-])cc1. The van der Waals surface area contributed by atoms with Gasteiger partial charge in [0.2, 0.25) is 5.91 Å². The molecule has 0 aliphatic rings. The Bertz CT molecular complexity index is 1370. The molecule has 1 N–H and O–H groups in total. The molecule has 0 saturated heterocycles. The minimum Gasteiger partial charge on any atom is -0.325 e. The van der Waals surface area contributed by atoms with Crippen LogP contribution in [0.3, 0.4) is 0 Å². The van der Waals surface area contributed by atoms with E-state index in [0.29, 0.717) is 28.3 Å². The third kappa shape index (κ3) is 5.09. The minimum absolute atomic E-state index is 0.0549. The van der Waals surface area contributed by atoms with Crippen LogP contribution in [0.1, 0.15) is 12.5 Å². The van der Waals surface area contributed by atoms with Crippen molar-refractivity contribution in [1.29, 1.82) is 0 Å². The number of nitrogens with one attached hydrogen (secondary N) is 1. The van der Waals surface area contributed by atoms with Gasteiger partial charge in [0.1, 0.15) is 0 Å². The van der Waals surface area contributed by atoms with Gasteiger partial charge >= 0.3 is 0 Å². The van der Waals surface area contributed by atoms with Crippen LogP contribution in [0, 0.1) is 10.1 Å². The number of fused-ring (bicyclic) bond motifs is 1. The number of nitrogens with zero attached hydrogens (tertiary/aromatic N) is 3. The van der Waals surface area contributed by atoms with Gasteiger partial charge in [0.05, 0.1) is 27.6 Å². The number of carbonyl (C=O) groups excluding carboxylic acids is 1. The number of non-ortho nitro benzene ring substituents is 1. The smallest absolute Gasteiger partial charge is 0.269 e. The Balaban J connectivity index is 1.61. The van der Waals surface area contributed by atoms with Crippen LogP contribution in [-0.4, -0.2) is 25.6 Å². The first-order valence-corrected chi connectivity index (χ1v) is 11.1. The van der Waals surface area contributed by atoms with Crippen LogP contribution in [0.2, 0.25) is 0 Å². The summed E-state index contributed by atoms with van der Waals surface area (Å²) in [6.45, 7) is 2.05. The van der Waals surface area contributed by atoms with Gasteiger partial charge < -0.3 is 5.32 Å². The predicted molar refractivity (Wildman–Crippen MR) is 129 cm³/mol. The summed E-state index contributed by atoms with van der Waals surface area (Å²) in [5.41, 5.74) is 1.74. The predicted octanol–water partition coefficient (Wildman–Crippen LogP) is 4.47. The molecule has 0 radical (unpaired) electrons. The molecule has 1 amide bonds. The Morgan fingerprint density at radius 1 is 1.06 bits per heavy atom. The van der Waals surface area contributed by atoms with E-state index in [0.717, 1.165) is 5.56 Å². The van der Waals surface area contributed by atoms with E-state index in [-0.39, 0.29) is 17.2 Å². The lowest BCUT2D eigenvalue weighted by Gasteiger charge is -2.16. The molecule has 0 aliphatic heterocycles. The zero-order valence-electron chi connectivity index (χ0n) is 17.7. The topological polar surface area (TPSA) is 107 Å². The molecule has 3 aromatic carbocycles. The Morgan fingerprint density at radius 3 is 2.42 bits per heavy atom. The van der Waals surface area contributed by atoms with E-state index >= 15 is 0 Å². The molecule has 0 spiro atoms. The number of anilines is 1. The molecule has 0 saturated carbocycles. The third-order valence-corrected chi connectivity index (χ3v) is 6.10. The molecular formula is C24H20N4O4S. The number of rotatable bonds is 7. The van der Waals surface area contributed by atoms with E-state index in [2.05, 4.69) is 10.3 Å². The van der Waals surface area contributed by atoms with E-state index < -0.39 is 10.2 Å². The van der Waals surface area contributed by atoms with E-state index in [1.807, 2.05) is 36.4 Å². The maximum absolute atomic E-state index is 13.2. The highest BCUT2D eigenvalue weighted by Crippen LogP contribution is 2.25. The molecular weight excluding hydrogens is 440 g/mol. The highest BCUT2D eigenvalue weighted by Gasteiger charge is 2.20. The first-order valence-electron chi connectivity index (χ1n) is 10.2. The number of amides is 1. The van der Waals surface area contributed by atoms with Gasteiger partial charge in [0.25, 0.3) is 11.2 Å². The normalized spacial score (nSPS) is 11.8. The Hall–Kier alpha value is -3.98. The summed E-state index contributed by atoms with van der Waals surface area (Å²) in [6, 6.07) is 22.3. The standard InChI is InChI=1S/C24H20N4O4S/c1-16(22(29)25-18-11-13-19(14-12-18)28(31)32)33-24-26-21-10-6-5-9-20(21)23(30)27(24)15-17-7-3-2-4-8-17/h2-14,16H,15H2,1H3,(H,25,29). The van der Waals surface area contributed by atoms with Crippen LogP contribution < -0.4 is 10.9 Å². The Labute approximate surface area is 193 Å². The summed E-state index contributed by atoms with van der Waals surface area (Å²) in [5.74, 6) is -0.303. The number of thioether (sulfide) groups is 1. The molecule has 4 aromatic rings. The quantitative estimate of drug-likeness (QED) is 0.189. The molecule has 166 valence electrons. The van der Waals surface area contributed by atoms with Gasteiger partial charge in [0.15, 0.2) is 5.16 Å². The molecule has 8 nitrogen and oxygen atoms in total. The molecule has 0 fully saturated rings. The van der Waals surface area contributed by atoms with Crippen molar-refractivity contribution < 1.29 is 9.72 Å². The third-order valence-electron chi connectivity index (χ3n) is 5.01. The maximum atomic E-state index is 13.2. The number of nitro benzene ring substituents is 1. The second-order valence-corrected chi connectivity index (χ2v) is 8.65. The van der Waals surface area contributed by atoms with E-state index in [4.69, 9.17) is 0 Å². The zero-order chi connectivity index (χ0) is 23.4. The highest BCUT2D eigenvalue weighted by molar-refractivity contribution is 8.00. The zero-order valence-corrected chi connectivity index (χ0v) is 18.5. The lowest BCUT2D eigenvalue weighted by Crippen LogP contribution is -2.27. The summed E-state index contributed by atoms with van der Waals surface area (Å²) in [7, 11) is 0. The van der Waals surface area contributed by atoms with Crippen molar-refractivity contribution in [2.45, 2.75) is 23.9 Å². The second-order valence-electron chi connectivity index (χ2n) is 7.34. The minimum atomic E-state index is -0.574. The van der Waals surface area contributed by atoms with Crippen molar-refractivity contribution in [2.24, 2.45) is 0 Å². The van der Waals surface area contributed by atoms with Crippen molar-refractivity contribution in [3.05, 3.63) is 105 Å². The van der Waals surface area contributed by atoms with Crippen molar-refractivity contribution in [2.75, 3.05) is 5.32 Å². The highest BCUT2D eigenvalue weighted by atomic mass is 32.2. The number of nitro groups is 1. The van der Waals surface area contributed by atoms with Crippen molar-refractivity contribution in [3.63, 3.8) is 0 Å². The number of carbonyl (C=O) groups is 1. The fourth-order valence-electron chi connectivity index (χ4n) is 3.27. The lowest BCUT2D eigenvalue weighted by molar-refractivity contribution is -0.384.